The minimum absolute atomic E-state index is 0.185. The fraction of sp³-hybridized carbons (Fsp3) is 0.333. The topological polar surface area (TPSA) is 58.2 Å². The Kier molecular flexibility index (Phi) is 4.82. The normalized spacial score (nSPS) is 17.4. The number of carbonyl (C=O) groups excluding carboxylic acids is 1. The number of H-pyrrole nitrogens is 1. The standard InChI is InChI=1S/C21H23N3O2/c1-24-11-9-17(10-12-24)26-20(16-6-4-5-15(13-16)14-25)21-22-18-7-2-3-8-19(18)23-21/h2-8,13-14,17,20H,9-12H2,1H3,(H,22,23). The van der Waals surface area contributed by atoms with Gasteiger partial charge in [0.15, 0.2) is 0 Å². The monoisotopic (exact) mass is 349 g/mol. The number of benzene rings is 2. The molecule has 1 aliphatic heterocycles. The first-order chi connectivity index (χ1) is 12.7. The third-order valence-corrected chi connectivity index (χ3v) is 5.00. The lowest BCUT2D eigenvalue weighted by molar-refractivity contribution is -0.0264. The summed E-state index contributed by atoms with van der Waals surface area (Å²) in [4.78, 5) is 21.7. The third kappa shape index (κ3) is 3.54. The molecule has 1 aromatic heterocycles. The zero-order valence-corrected chi connectivity index (χ0v) is 14.9. The van der Waals surface area contributed by atoms with Crippen molar-refractivity contribution in [2.24, 2.45) is 0 Å². The van der Waals surface area contributed by atoms with E-state index in [0.717, 1.165) is 54.6 Å². The summed E-state index contributed by atoms with van der Waals surface area (Å²) in [6.45, 7) is 2.07. The third-order valence-electron chi connectivity index (χ3n) is 5.00. The number of ether oxygens (including phenoxy) is 1. The number of fused-ring (bicyclic) bond motifs is 1. The second-order valence-electron chi connectivity index (χ2n) is 6.95. The summed E-state index contributed by atoms with van der Waals surface area (Å²) in [5.74, 6) is 0.785. The van der Waals surface area contributed by atoms with Crippen LogP contribution in [-0.2, 0) is 4.74 Å². The molecule has 3 aromatic rings. The van der Waals surface area contributed by atoms with Crippen LogP contribution in [0.4, 0.5) is 0 Å². The largest absolute Gasteiger partial charge is 0.362 e. The molecule has 1 aliphatic rings. The number of nitrogens with zero attached hydrogens (tertiary/aromatic N) is 2. The van der Waals surface area contributed by atoms with Gasteiger partial charge < -0.3 is 14.6 Å². The Bertz CT molecular complexity index is 864. The average molecular weight is 349 g/mol. The van der Waals surface area contributed by atoms with Crippen LogP contribution in [0.2, 0.25) is 0 Å². The maximum Gasteiger partial charge on any atom is 0.150 e. The predicted octanol–water partition coefficient (Wildman–Crippen LogP) is 3.58. The molecule has 0 bridgehead atoms. The van der Waals surface area contributed by atoms with Crippen LogP contribution in [0.25, 0.3) is 11.0 Å². The molecule has 1 atom stereocenters. The van der Waals surface area contributed by atoms with Gasteiger partial charge in [0.1, 0.15) is 18.2 Å². The lowest BCUT2D eigenvalue weighted by atomic mass is 10.0. The van der Waals surface area contributed by atoms with E-state index in [0.29, 0.717) is 5.56 Å². The van der Waals surface area contributed by atoms with Crippen LogP contribution >= 0.6 is 0 Å². The molecule has 4 rings (SSSR count). The Morgan fingerprint density at radius 3 is 2.77 bits per heavy atom. The molecule has 0 spiro atoms. The van der Waals surface area contributed by atoms with Crippen molar-refractivity contribution in [2.45, 2.75) is 25.0 Å². The van der Waals surface area contributed by atoms with Gasteiger partial charge in [-0.05, 0) is 43.7 Å². The minimum Gasteiger partial charge on any atom is -0.362 e. The number of aromatic amines is 1. The molecule has 0 radical (unpaired) electrons. The molecule has 2 heterocycles. The summed E-state index contributed by atoms with van der Waals surface area (Å²) in [6.07, 6.45) is 2.75. The molecule has 134 valence electrons. The molecular formula is C21H23N3O2. The van der Waals surface area contributed by atoms with E-state index < -0.39 is 0 Å². The van der Waals surface area contributed by atoms with Crippen molar-refractivity contribution < 1.29 is 9.53 Å². The summed E-state index contributed by atoms with van der Waals surface area (Å²) in [6, 6.07) is 15.6. The van der Waals surface area contributed by atoms with Crippen molar-refractivity contribution in [1.29, 1.82) is 0 Å². The smallest absolute Gasteiger partial charge is 0.150 e. The van der Waals surface area contributed by atoms with E-state index in [1.165, 1.54) is 0 Å². The van der Waals surface area contributed by atoms with Gasteiger partial charge in [0.2, 0.25) is 0 Å². The highest BCUT2D eigenvalue weighted by atomic mass is 16.5. The number of imidazole rings is 1. The van der Waals surface area contributed by atoms with Crippen molar-refractivity contribution >= 4 is 17.3 Å². The van der Waals surface area contributed by atoms with Gasteiger partial charge in [-0.2, -0.15) is 0 Å². The number of aldehydes is 1. The van der Waals surface area contributed by atoms with Crippen LogP contribution in [0.5, 0.6) is 0 Å². The van der Waals surface area contributed by atoms with E-state index in [-0.39, 0.29) is 12.2 Å². The SMILES string of the molecule is CN1CCC(OC(c2cccc(C=O)c2)c2nc3ccccc3[nH]2)CC1. The number of hydrogen-bond donors (Lipinski definition) is 1. The van der Waals surface area contributed by atoms with E-state index in [9.17, 15) is 4.79 Å². The maximum atomic E-state index is 11.2. The van der Waals surface area contributed by atoms with Crippen molar-refractivity contribution in [3.63, 3.8) is 0 Å². The van der Waals surface area contributed by atoms with Crippen molar-refractivity contribution in [3.8, 4) is 0 Å². The van der Waals surface area contributed by atoms with E-state index in [1.54, 1.807) is 0 Å². The number of nitrogens with one attached hydrogen (secondary N) is 1. The highest BCUT2D eigenvalue weighted by molar-refractivity contribution is 5.76. The van der Waals surface area contributed by atoms with Gasteiger partial charge in [0.25, 0.3) is 0 Å². The maximum absolute atomic E-state index is 11.2. The average Bonchev–Trinajstić information content (AvgIpc) is 3.11. The fourth-order valence-electron chi connectivity index (χ4n) is 3.51. The van der Waals surface area contributed by atoms with Crippen LogP contribution in [0.15, 0.2) is 48.5 Å². The van der Waals surface area contributed by atoms with Crippen LogP contribution in [0.1, 0.15) is 40.7 Å². The van der Waals surface area contributed by atoms with Gasteiger partial charge in [-0.1, -0.05) is 30.3 Å². The summed E-state index contributed by atoms with van der Waals surface area (Å²) in [5.41, 5.74) is 3.51. The van der Waals surface area contributed by atoms with Crippen LogP contribution in [0, 0.1) is 0 Å². The number of likely N-dealkylation sites (tertiary alicyclic amines) is 1. The fourth-order valence-corrected chi connectivity index (χ4v) is 3.51. The first-order valence-electron chi connectivity index (χ1n) is 9.07. The molecule has 2 aromatic carbocycles. The van der Waals surface area contributed by atoms with E-state index >= 15 is 0 Å². The van der Waals surface area contributed by atoms with E-state index in [2.05, 4.69) is 16.9 Å². The zero-order chi connectivity index (χ0) is 17.9. The lowest BCUT2D eigenvalue weighted by Gasteiger charge is -2.31. The first kappa shape index (κ1) is 16.9. The van der Waals surface area contributed by atoms with Crippen molar-refractivity contribution in [2.75, 3.05) is 20.1 Å². The number of hydrogen-bond acceptors (Lipinski definition) is 4. The summed E-state index contributed by atoms with van der Waals surface area (Å²) >= 11 is 0. The van der Waals surface area contributed by atoms with Crippen LogP contribution in [-0.4, -0.2) is 47.4 Å². The van der Waals surface area contributed by atoms with Gasteiger partial charge in [-0.25, -0.2) is 4.98 Å². The lowest BCUT2D eigenvalue weighted by Crippen LogP contribution is -2.35. The molecule has 26 heavy (non-hydrogen) atoms. The number of para-hydroxylation sites is 2. The van der Waals surface area contributed by atoms with Crippen molar-refractivity contribution in [3.05, 3.63) is 65.5 Å². The molecule has 1 fully saturated rings. The van der Waals surface area contributed by atoms with E-state index in [1.807, 2.05) is 48.5 Å². The quantitative estimate of drug-likeness (QED) is 0.716. The van der Waals surface area contributed by atoms with Gasteiger partial charge in [-0.3, -0.25) is 4.79 Å². The van der Waals surface area contributed by atoms with Crippen LogP contribution in [0.3, 0.4) is 0 Å². The number of aromatic nitrogens is 2. The second kappa shape index (κ2) is 7.40. The Morgan fingerprint density at radius 2 is 2.00 bits per heavy atom. The summed E-state index contributed by atoms with van der Waals surface area (Å²) in [5, 5.41) is 0. The highest BCUT2D eigenvalue weighted by Crippen LogP contribution is 2.30. The molecule has 1 saturated heterocycles. The molecule has 0 amide bonds. The van der Waals surface area contributed by atoms with Crippen molar-refractivity contribution in [1.82, 2.24) is 14.9 Å². The van der Waals surface area contributed by atoms with Gasteiger partial charge in [0.05, 0.1) is 17.1 Å². The molecule has 5 nitrogen and oxygen atoms in total. The predicted molar refractivity (Wildman–Crippen MR) is 101 cm³/mol. The molecular weight excluding hydrogens is 326 g/mol. The van der Waals surface area contributed by atoms with Crippen LogP contribution < -0.4 is 0 Å². The first-order valence-corrected chi connectivity index (χ1v) is 9.07. The number of rotatable bonds is 5. The zero-order valence-electron chi connectivity index (χ0n) is 14.9. The number of piperidine rings is 1. The Labute approximate surface area is 153 Å². The van der Waals surface area contributed by atoms with Gasteiger partial charge in [-0.15, -0.1) is 0 Å². The highest BCUT2D eigenvalue weighted by Gasteiger charge is 2.26. The minimum atomic E-state index is -0.310. The Morgan fingerprint density at radius 1 is 1.19 bits per heavy atom. The number of carbonyl (C=O) groups is 1. The second-order valence-corrected chi connectivity index (χ2v) is 6.95. The molecule has 5 heteroatoms. The molecule has 1 unspecified atom stereocenters. The molecule has 1 N–H and O–H groups in total. The van der Waals surface area contributed by atoms with Gasteiger partial charge in [0, 0.05) is 18.7 Å². The summed E-state index contributed by atoms with van der Waals surface area (Å²) < 4.78 is 6.50. The van der Waals surface area contributed by atoms with E-state index in [4.69, 9.17) is 9.72 Å². The molecule has 0 aliphatic carbocycles. The Balaban J connectivity index is 1.69. The summed E-state index contributed by atoms with van der Waals surface area (Å²) in [7, 11) is 2.14. The van der Waals surface area contributed by atoms with Gasteiger partial charge >= 0.3 is 0 Å². The molecule has 0 saturated carbocycles. The Hall–Kier alpha value is -2.50.